The Morgan fingerprint density at radius 3 is 2.67 bits per heavy atom. The van der Waals surface area contributed by atoms with E-state index < -0.39 is 0 Å². The molecule has 0 aliphatic rings. The Labute approximate surface area is 112 Å². The third-order valence-corrected chi connectivity index (χ3v) is 2.97. The Hall–Kier alpha value is -1.45. The average molecular weight is 265 g/mol. The van der Waals surface area contributed by atoms with Crippen LogP contribution in [0.25, 0.3) is 0 Å². The fourth-order valence-electron chi connectivity index (χ4n) is 1.67. The number of nitrogens with one attached hydrogen (secondary N) is 1. The van der Waals surface area contributed by atoms with Crippen LogP contribution in [0.4, 0.5) is 0 Å². The number of halogens is 1. The molecule has 2 aromatic rings. The molecule has 0 radical (unpaired) electrons. The molecule has 1 heterocycles. The van der Waals surface area contributed by atoms with Gasteiger partial charge in [0.15, 0.2) is 0 Å². The average Bonchev–Trinajstić information content (AvgIpc) is 2.77. The number of rotatable bonds is 6. The van der Waals surface area contributed by atoms with Crippen molar-refractivity contribution >= 4 is 11.6 Å². The van der Waals surface area contributed by atoms with Crippen LogP contribution in [0.1, 0.15) is 5.69 Å². The summed E-state index contributed by atoms with van der Waals surface area (Å²) in [7, 11) is 2.04. The summed E-state index contributed by atoms with van der Waals surface area (Å²) in [6.07, 6.45) is 2.04. The molecule has 0 fully saturated rings. The highest BCUT2D eigenvalue weighted by Crippen LogP contribution is 2.15. The van der Waals surface area contributed by atoms with Gasteiger partial charge in [0.05, 0.1) is 0 Å². The minimum Gasteiger partial charge on any atom is -0.492 e. The van der Waals surface area contributed by atoms with Gasteiger partial charge in [-0.15, -0.1) is 0 Å². The SMILES string of the molecule is Cn1cccc1CNCCOc1ccc(Cl)cc1. The maximum absolute atomic E-state index is 5.80. The number of nitrogens with zero attached hydrogens (tertiary/aromatic N) is 1. The first kappa shape index (κ1) is 13.0. The monoisotopic (exact) mass is 264 g/mol. The maximum atomic E-state index is 5.80. The Balaban J connectivity index is 1.64. The van der Waals surface area contributed by atoms with Gasteiger partial charge in [-0.05, 0) is 36.4 Å². The van der Waals surface area contributed by atoms with Crippen molar-refractivity contribution in [2.24, 2.45) is 7.05 Å². The summed E-state index contributed by atoms with van der Waals surface area (Å²) < 4.78 is 7.69. The molecule has 0 aliphatic heterocycles. The van der Waals surface area contributed by atoms with E-state index in [0.29, 0.717) is 6.61 Å². The molecule has 1 aromatic heterocycles. The summed E-state index contributed by atoms with van der Waals surface area (Å²) in [5.41, 5.74) is 1.27. The van der Waals surface area contributed by atoms with Gasteiger partial charge in [-0.3, -0.25) is 0 Å². The van der Waals surface area contributed by atoms with Crippen molar-refractivity contribution in [2.75, 3.05) is 13.2 Å². The van der Waals surface area contributed by atoms with Crippen LogP contribution in [0.5, 0.6) is 5.75 Å². The summed E-state index contributed by atoms with van der Waals surface area (Å²) in [6.45, 7) is 2.31. The van der Waals surface area contributed by atoms with Crippen LogP contribution in [0.15, 0.2) is 42.6 Å². The Morgan fingerprint density at radius 1 is 1.22 bits per heavy atom. The molecule has 18 heavy (non-hydrogen) atoms. The topological polar surface area (TPSA) is 26.2 Å². The lowest BCUT2D eigenvalue weighted by molar-refractivity contribution is 0.313. The zero-order chi connectivity index (χ0) is 12.8. The number of hydrogen-bond acceptors (Lipinski definition) is 2. The van der Waals surface area contributed by atoms with E-state index >= 15 is 0 Å². The van der Waals surface area contributed by atoms with Crippen molar-refractivity contribution in [1.29, 1.82) is 0 Å². The van der Waals surface area contributed by atoms with E-state index in [9.17, 15) is 0 Å². The van der Waals surface area contributed by atoms with Crippen molar-refractivity contribution in [1.82, 2.24) is 9.88 Å². The van der Waals surface area contributed by atoms with E-state index in [4.69, 9.17) is 16.3 Å². The minimum absolute atomic E-state index is 0.645. The molecule has 0 aliphatic carbocycles. The quantitative estimate of drug-likeness (QED) is 0.812. The fraction of sp³-hybridized carbons (Fsp3) is 0.286. The maximum Gasteiger partial charge on any atom is 0.119 e. The van der Waals surface area contributed by atoms with Crippen LogP contribution in [0.3, 0.4) is 0 Å². The number of aryl methyl sites for hydroxylation is 1. The van der Waals surface area contributed by atoms with Gasteiger partial charge in [0.25, 0.3) is 0 Å². The van der Waals surface area contributed by atoms with E-state index in [1.54, 1.807) is 0 Å². The minimum atomic E-state index is 0.645. The van der Waals surface area contributed by atoms with Gasteiger partial charge in [0.1, 0.15) is 12.4 Å². The first-order valence-electron chi connectivity index (χ1n) is 5.95. The van der Waals surface area contributed by atoms with Gasteiger partial charge in [-0.1, -0.05) is 11.6 Å². The van der Waals surface area contributed by atoms with Crippen LogP contribution in [-0.2, 0) is 13.6 Å². The molecule has 0 saturated heterocycles. The molecule has 2 rings (SSSR count). The lowest BCUT2D eigenvalue weighted by Crippen LogP contribution is -2.21. The van der Waals surface area contributed by atoms with Crippen LogP contribution in [-0.4, -0.2) is 17.7 Å². The molecule has 0 bridgehead atoms. The lowest BCUT2D eigenvalue weighted by Gasteiger charge is -2.08. The highest BCUT2D eigenvalue weighted by molar-refractivity contribution is 6.30. The number of ether oxygens (including phenoxy) is 1. The van der Waals surface area contributed by atoms with E-state index in [2.05, 4.69) is 16.0 Å². The Bertz CT molecular complexity index is 479. The van der Waals surface area contributed by atoms with Crippen molar-refractivity contribution in [3.8, 4) is 5.75 Å². The predicted molar refractivity (Wildman–Crippen MR) is 74.1 cm³/mol. The summed E-state index contributed by atoms with van der Waals surface area (Å²) in [6, 6.07) is 11.6. The van der Waals surface area contributed by atoms with Crippen molar-refractivity contribution < 1.29 is 4.74 Å². The molecule has 3 nitrogen and oxygen atoms in total. The largest absolute Gasteiger partial charge is 0.492 e. The van der Waals surface area contributed by atoms with Crippen LogP contribution in [0, 0.1) is 0 Å². The predicted octanol–water partition coefficient (Wildman–Crippen LogP) is 2.85. The second kappa shape index (κ2) is 6.47. The smallest absolute Gasteiger partial charge is 0.119 e. The van der Waals surface area contributed by atoms with Gasteiger partial charge in [-0.25, -0.2) is 0 Å². The summed E-state index contributed by atoms with van der Waals surface area (Å²) >= 11 is 5.80. The van der Waals surface area contributed by atoms with Gasteiger partial charge in [0, 0.05) is 37.1 Å². The van der Waals surface area contributed by atoms with Crippen molar-refractivity contribution in [2.45, 2.75) is 6.54 Å². The van der Waals surface area contributed by atoms with E-state index in [1.165, 1.54) is 5.69 Å². The molecule has 0 spiro atoms. The standard InChI is InChI=1S/C14H17ClN2O/c1-17-9-2-3-13(17)11-16-8-10-18-14-6-4-12(15)5-7-14/h2-7,9,16H,8,10-11H2,1H3. The first-order chi connectivity index (χ1) is 8.75. The van der Waals surface area contributed by atoms with Gasteiger partial charge in [-0.2, -0.15) is 0 Å². The third kappa shape index (κ3) is 3.79. The molecular formula is C14H17ClN2O. The zero-order valence-corrected chi connectivity index (χ0v) is 11.2. The van der Waals surface area contributed by atoms with E-state index in [0.717, 1.165) is 23.9 Å². The van der Waals surface area contributed by atoms with Gasteiger partial charge in [0.2, 0.25) is 0 Å². The van der Waals surface area contributed by atoms with Crippen LogP contribution >= 0.6 is 11.6 Å². The highest BCUT2D eigenvalue weighted by atomic mass is 35.5. The normalized spacial score (nSPS) is 10.6. The highest BCUT2D eigenvalue weighted by Gasteiger charge is 1.97. The van der Waals surface area contributed by atoms with Crippen LogP contribution in [0.2, 0.25) is 5.02 Å². The Kier molecular flexibility index (Phi) is 4.67. The molecule has 1 N–H and O–H groups in total. The number of benzene rings is 1. The molecule has 0 atom stereocenters. The van der Waals surface area contributed by atoms with E-state index in [1.807, 2.05) is 43.6 Å². The molecule has 0 saturated carbocycles. The molecule has 4 heteroatoms. The lowest BCUT2D eigenvalue weighted by atomic mass is 10.3. The molecular weight excluding hydrogens is 248 g/mol. The second-order valence-corrected chi connectivity index (χ2v) is 4.53. The van der Waals surface area contributed by atoms with Crippen molar-refractivity contribution in [3.63, 3.8) is 0 Å². The summed E-state index contributed by atoms with van der Waals surface area (Å²) in [5.74, 6) is 0.847. The summed E-state index contributed by atoms with van der Waals surface area (Å²) in [4.78, 5) is 0. The van der Waals surface area contributed by atoms with Gasteiger partial charge >= 0.3 is 0 Å². The number of aromatic nitrogens is 1. The second-order valence-electron chi connectivity index (χ2n) is 4.09. The van der Waals surface area contributed by atoms with E-state index in [-0.39, 0.29) is 0 Å². The summed E-state index contributed by atoms with van der Waals surface area (Å²) in [5, 5.41) is 4.06. The zero-order valence-electron chi connectivity index (χ0n) is 10.4. The molecule has 1 aromatic carbocycles. The molecule has 0 amide bonds. The van der Waals surface area contributed by atoms with Crippen molar-refractivity contribution in [3.05, 3.63) is 53.3 Å². The number of hydrogen-bond donors (Lipinski definition) is 1. The first-order valence-corrected chi connectivity index (χ1v) is 6.33. The molecule has 0 unspecified atom stereocenters. The van der Waals surface area contributed by atoms with Crippen LogP contribution < -0.4 is 10.1 Å². The Morgan fingerprint density at radius 2 is 2.00 bits per heavy atom. The van der Waals surface area contributed by atoms with Gasteiger partial charge < -0.3 is 14.6 Å². The fourth-order valence-corrected chi connectivity index (χ4v) is 1.79. The molecule has 96 valence electrons. The third-order valence-electron chi connectivity index (χ3n) is 2.72.